The fraction of sp³-hybridized carbons (Fsp3) is 0.462. The second-order valence-electron chi connectivity index (χ2n) is 8.62. The summed E-state index contributed by atoms with van der Waals surface area (Å²) in [5.74, 6) is 0.0594. The highest BCUT2D eigenvalue weighted by Crippen LogP contribution is 2.29. The Bertz CT molecular complexity index is 791. The largest absolute Gasteiger partial charge is 0.344 e. The first-order valence-electron chi connectivity index (χ1n) is 11.4. The van der Waals surface area contributed by atoms with E-state index >= 15 is 0 Å². The van der Waals surface area contributed by atoms with Crippen LogP contribution >= 0.6 is 0 Å². The van der Waals surface area contributed by atoms with Crippen molar-refractivity contribution < 1.29 is 9.59 Å². The van der Waals surface area contributed by atoms with Gasteiger partial charge in [0.05, 0.1) is 6.04 Å². The minimum atomic E-state index is -0.454. The summed E-state index contributed by atoms with van der Waals surface area (Å²) >= 11 is 0. The summed E-state index contributed by atoms with van der Waals surface area (Å²) in [5.41, 5.74) is 2.53. The lowest BCUT2D eigenvalue weighted by Crippen LogP contribution is -2.56. The Kier molecular flexibility index (Phi) is 8.24. The molecule has 0 spiro atoms. The molecule has 3 rings (SSSR count). The van der Waals surface area contributed by atoms with Gasteiger partial charge >= 0.3 is 0 Å². The van der Waals surface area contributed by atoms with Crippen molar-refractivity contribution in [3.8, 4) is 0 Å². The van der Waals surface area contributed by atoms with Gasteiger partial charge in [-0.05, 0) is 23.5 Å². The van der Waals surface area contributed by atoms with Gasteiger partial charge in [-0.1, -0.05) is 81.4 Å². The van der Waals surface area contributed by atoms with Gasteiger partial charge in [-0.3, -0.25) is 14.5 Å². The number of hydrogen-bond donors (Lipinski definition) is 1. The van der Waals surface area contributed by atoms with Crippen molar-refractivity contribution in [2.75, 3.05) is 26.2 Å². The van der Waals surface area contributed by atoms with Crippen molar-refractivity contribution in [1.82, 2.24) is 15.1 Å². The highest BCUT2D eigenvalue weighted by Gasteiger charge is 2.32. The smallest absolute Gasteiger partial charge is 0.245 e. The molecular weight excluding hydrogens is 386 g/mol. The minimum Gasteiger partial charge on any atom is -0.344 e. The summed E-state index contributed by atoms with van der Waals surface area (Å²) < 4.78 is 0. The first kappa shape index (κ1) is 23.0. The molecule has 0 saturated carbocycles. The molecule has 5 heteroatoms. The minimum absolute atomic E-state index is 0.0371. The van der Waals surface area contributed by atoms with Crippen LogP contribution in [0.15, 0.2) is 60.7 Å². The second-order valence-corrected chi connectivity index (χ2v) is 8.62. The zero-order chi connectivity index (χ0) is 22.2. The van der Waals surface area contributed by atoms with Crippen LogP contribution in [0.2, 0.25) is 0 Å². The predicted octanol–water partition coefficient (Wildman–Crippen LogP) is 3.86. The number of carbonyl (C=O) groups is 2. The van der Waals surface area contributed by atoms with E-state index < -0.39 is 6.04 Å². The van der Waals surface area contributed by atoms with Gasteiger partial charge in [0.1, 0.15) is 6.04 Å². The van der Waals surface area contributed by atoms with Crippen molar-refractivity contribution in [1.29, 1.82) is 0 Å². The quantitative estimate of drug-likeness (QED) is 0.704. The van der Waals surface area contributed by atoms with Crippen LogP contribution in [0, 0.1) is 5.92 Å². The Balaban J connectivity index is 1.70. The molecule has 0 aromatic heterocycles. The highest BCUT2D eigenvalue weighted by molar-refractivity contribution is 5.88. The zero-order valence-corrected chi connectivity index (χ0v) is 19.0. The number of nitrogens with zero attached hydrogens (tertiary/aromatic N) is 2. The monoisotopic (exact) mass is 421 g/mol. The normalized spacial score (nSPS) is 15.8. The lowest BCUT2D eigenvalue weighted by molar-refractivity contribution is -0.139. The first-order valence-corrected chi connectivity index (χ1v) is 11.4. The van der Waals surface area contributed by atoms with Crippen LogP contribution < -0.4 is 5.32 Å². The van der Waals surface area contributed by atoms with Crippen LogP contribution in [0.1, 0.15) is 50.8 Å². The molecule has 1 aliphatic heterocycles. The molecule has 1 fully saturated rings. The number of benzene rings is 2. The van der Waals surface area contributed by atoms with Crippen molar-refractivity contribution in [3.05, 3.63) is 71.8 Å². The lowest BCUT2D eigenvalue weighted by atomic mass is 9.96. The fourth-order valence-electron chi connectivity index (χ4n) is 4.27. The van der Waals surface area contributed by atoms with E-state index in [1.165, 1.54) is 11.1 Å². The third-order valence-electron chi connectivity index (χ3n) is 5.95. The van der Waals surface area contributed by atoms with Crippen LogP contribution in [-0.2, 0) is 9.59 Å². The van der Waals surface area contributed by atoms with Crippen molar-refractivity contribution in [2.45, 2.75) is 45.7 Å². The Morgan fingerprint density at radius 2 is 1.39 bits per heavy atom. The summed E-state index contributed by atoms with van der Waals surface area (Å²) in [6.07, 6.45) is 1.24. The molecule has 1 aliphatic rings. The highest BCUT2D eigenvalue weighted by atomic mass is 16.2. The van der Waals surface area contributed by atoms with E-state index in [-0.39, 0.29) is 23.8 Å². The van der Waals surface area contributed by atoms with Gasteiger partial charge in [0.2, 0.25) is 11.8 Å². The summed E-state index contributed by atoms with van der Waals surface area (Å²) in [7, 11) is 0. The molecule has 166 valence electrons. The van der Waals surface area contributed by atoms with Crippen LogP contribution in [-0.4, -0.2) is 53.8 Å². The van der Waals surface area contributed by atoms with Gasteiger partial charge in [-0.15, -0.1) is 0 Å². The van der Waals surface area contributed by atoms with Crippen LogP contribution in [0.25, 0.3) is 0 Å². The standard InChI is InChI=1S/C26H35N3O2/c1-4-11-23(30)27-24(20(2)3)26(31)29-18-16-28(17-19-29)25(21-12-7-5-8-13-21)22-14-9-6-10-15-22/h5-10,12-15,20,24-25H,4,11,16-19H2,1-3H3,(H,27,30). The van der Waals surface area contributed by atoms with E-state index in [1.54, 1.807) is 0 Å². The Morgan fingerprint density at radius 3 is 1.84 bits per heavy atom. The van der Waals surface area contributed by atoms with Crippen molar-refractivity contribution >= 4 is 11.8 Å². The van der Waals surface area contributed by atoms with Gasteiger partial charge in [0.15, 0.2) is 0 Å². The molecule has 2 aromatic carbocycles. The summed E-state index contributed by atoms with van der Waals surface area (Å²) in [4.78, 5) is 29.7. The molecule has 1 atom stereocenters. The van der Waals surface area contributed by atoms with E-state index in [2.05, 4.69) is 58.7 Å². The van der Waals surface area contributed by atoms with Gasteiger partial charge < -0.3 is 10.2 Å². The van der Waals surface area contributed by atoms with E-state index in [1.807, 2.05) is 37.8 Å². The topological polar surface area (TPSA) is 52.7 Å². The average Bonchev–Trinajstić information content (AvgIpc) is 2.79. The third-order valence-corrected chi connectivity index (χ3v) is 5.95. The summed E-state index contributed by atoms with van der Waals surface area (Å²) in [6.45, 7) is 8.89. The molecule has 0 radical (unpaired) electrons. The number of carbonyl (C=O) groups excluding carboxylic acids is 2. The zero-order valence-electron chi connectivity index (χ0n) is 19.0. The molecule has 1 unspecified atom stereocenters. The second kappa shape index (κ2) is 11.1. The number of amides is 2. The number of rotatable bonds is 8. The fourth-order valence-corrected chi connectivity index (χ4v) is 4.27. The Labute approximate surface area is 186 Å². The van der Waals surface area contributed by atoms with Crippen molar-refractivity contribution in [2.24, 2.45) is 5.92 Å². The van der Waals surface area contributed by atoms with Gasteiger partial charge in [0.25, 0.3) is 0 Å². The van der Waals surface area contributed by atoms with E-state index in [9.17, 15) is 9.59 Å². The average molecular weight is 422 g/mol. The Hall–Kier alpha value is -2.66. The molecule has 2 amide bonds. The summed E-state index contributed by atoms with van der Waals surface area (Å²) in [5, 5.41) is 2.96. The number of piperazine rings is 1. The third kappa shape index (κ3) is 5.95. The molecule has 5 nitrogen and oxygen atoms in total. The van der Waals surface area contributed by atoms with Gasteiger partial charge in [-0.25, -0.2) is 0 Å². The number of nitrogens with one attached hydrogen (secondary N) is 1. The molecular formula is C26H35N3O2. The maximum Gasteiger partial charge on any atom is 0.245 e. The van der Waals surface area contributed by atoms with Gasteiger partial charge in [0, 0.05) is 32.6 Å². The summed E-state index contributed by atoms with van der Waals surface area (Å²) in [6, 6.07) is 20.8. The molecule has 0 bridgehead atoms. The van der Waals surface area contributed by atoms with E-state index in [0.717, 1.165) is 19.5 Å². The van der Waals surface area contributed by atoms with Crippen LogP contribution in [0.5, 0.6) is 0 Å². The molecule has 31 heavy (non-hydrogen) atoms. The number of hydrogen-bond acceptors (Lipinski definition) is 3. The first-order chi connectivity index (χ1) is 15.0. The molecule has 2 aromatic rings. The maximum atomic E-state index is 13.2. The van der Waals surface area contributed by atoms with E-state index in [4.69, 9.17) is 0 Å². The predicted molar refractivity (Wildman–Crippen MR) is 125 cm³/mol. The lowest BCUT2D eigenvalue weighted by Gasteiger charge is -2.41. The molecule has 1 N–H and O–H groups in total. The van der Waals surface area contributed by atoms with Crippen molar-refractivity contribution in [3.63, 3.8) is 0 Å². The van der Waals surface area contributed by atoms with Crippen LogP contribution in [0.3, 0.4) is 0 Å². The molecule has 0 aliphatic carbocycles. The van der Waals surface area contributed by atoms with Gasteiger partial charge in [-0.2, -0.15) is 0 Å². The molecule has 1 saturated heterocycles. The maximum absolute atomic E-state index is 13.2. The molecule has 1 heterocycles. The Morgan fingerprint density at radius 1 is 0.871 bits per heavy atom. The van der Waals surface area contributed by atoms with Crippen LogP contribution in [0.4, 0.5) is 0 Å². The SMILES string of the molecule is CCCC(=O)NC(C(=O)N1CCN(C(c2ccccc2)c2ccccc2)CC1)C(C)C. The van der Waals surface area contributed by atoms with E-state index in [0.29, 0.717) is 19.5 Å².